The highest BCUT2D eigenvalue weighted by atomic mass is 32.2. The van der Waals surface area contributed by atoms with E-state index in [9.17, 15) is 9.59 Å². The van der Waals surface area contributed by atoms with E-state index in [1.807, 2.05) is 19.9 Å². The molecular weight excluding hydrogens is 240 g/mol. The summed E-state index contributed by atoms with van der Waals surface area (Å²) < 4.78 is 5.18. The lowest BCUT2D eigenvalue weighted by Gasteiger charge is -2.18. The smallest absolute Gasteiger partial charge is 0.318 e. The van der Waals surface area contributed by atoms with Crippen molar-refractivity contribution in [2.45, 2.75) is 24.9 Å². The minimum Gasteiger partial charge on any atom is -0.468 e. The van der Waals surface area contributed by atoms with Gasteiger partial charge in [-0.2, -0.15) is 0 Å². The van der Waals surface area contributed by atoms with Crippen molar-refractivity contribution in [2.24, 2.45) is 11.7 Å². The van der Waals surface area contributed by atoms with Crippen LogP contribution in [0.1, 0.15) is 19.6 Å². The summed E-state index contributed by atoms with van der Waals surface area (Å²) in [5.41, 5.74) is 4.92. The first-order chi connectivity index (χ1) is 8.00. The number of amides is 3. The highest BCUT2D eigenvalue weighted by molar-refractivity contribution is 7.99. The van der Waals surface area contributed by atoms with Crippen molar-refractivity contribution in [2.75, 3.05) is 0 Å². The minimum absolute atomic E-state index is 0.106. The Morgan fingerprint density at radius 1 is 1.53 bits per heavy atom. The van der Waals surface area contributed by atoms with E-state index in [-0.39, 0.29) is 17.1 Å². The summed E-state index contributed by atoms with van der Waals surface area (Å²) in [6, 6.07) is 2.82. The van der Waals surface area contributed by atoms with Crippen LogP contribution in [0.3, 0.4) is 0 Å². The normalized spacial score (nSPS) is 12.4. The molecule has 3 amide bonds. The largest absolute Gasteiger partial charge is 0.468 e. The van der Waals surface area contributed by atoms with E-state index >= 15 is 0 Å². The Morgan fingerprint density at radius 3 is 2.71 bits per heavy atom. The number of imide groups is 1. The molecule has 1 atom stereocenters. The van der Waals surface area contributed by atoms with Crippen LogP contribution in [0.15, 0.2) is 22.8 Å². The first-order valence-corrected chi connectivity index (χ1v) is 6.30. The maximum absolute atomic E-state index is 11.7. The molecule has 0 aliphatic carbocycles. The molecule has 0 aliphatic rings. The molecule has 0 saturated heterocycles. The van der Waals surface area contributed by atoms with Gasteiger partial charge < -0.3 is 10.2 Å². The molecule has 1 rings (SSSR count). The molecule has 5 nitrogen and oxygen atoms in total. The SMILES string of the molecule is CC(C)C(SCc1ccco1)C(=O)NC(N)=O. The zero-order valence-electron chi connectivity index (χ0n) is 9.80. The van der Waals surface area contributed by atoms with E-state index in [0.29, 0.717) is 5.75 Å². The van der Waals surface area contributed by atoms with Crippen LogP contribution in [0.25, 0.3) is 0 Å². The third kappa shape index (κ3) is 4.52. The Labute approximate surface area is 104 Å². The molecule has 0 radical (unpaired) electrons. The maximum Gasteiger partial charge on any atom is 0.318 e. The van der Waals surface area contributed by atoms with Crippen molar-refractivity contribution >= 4 is 23.7 Å². The molecule has 6 heteroatoms. The van der Waals surface area contributed by atoms with Gasteiger partial charge in [-0.3, -0.25) is 10.1 Å². The summed E-state index contributed by atoms with van der Waals surface area (Å²) in [5.74, 6) is 1.13. The van der Waals surface area contributed by atoms with Crippen molar-refractivity contribution < 1.29 is 14.0 Å². The maximum atomic E-state index is 11.7. The molecule has 0 fully saturated rings. The second-order valence-corrected chi connectivity index (χ2v) is 5.04. The number of hydrogen-bond acceptors (Lipinski definition) is 4. The predicted octanol–water partition coefficient (Wildman–Crippen LogP) is 1.73. The number of carbonyl (C=O) groups excluding carboxylic acids is 2. The number of furan rings is 1. The third-order valence-electron chi connectivity index (χ3n) is 2.10. The number of thioether (sulfide) groups is 1. The van der Waals surface area contributed by atoms with Crippen molar-refractivity contribution in [3.63, 3.8) is 0 Å². The van der Waals surface area contributed by atoms with Crippen LogP contribution in [0.2, 0.25) is 0 Å². The van der Waals surface area contributed by atoms with Crippen LogP contribution >= 0.6 is 11.8 Å². The fraction of sp³-hybridized carbons (Fsp3) is 0.455. The highest BCUT2D eigenvalue weighted by Gasteiger charge is 2.23. The van der Waals surface area contributed by atoms with E-state index < -0.39 is 6.03 Å². The first-order valence-electron chi connectivity index (χ1n) is 5.25. The predicted molar refractivity (Wildman–Crippen MR) is 66.4 cm³/mol. The summed E-state index contributed by atoms with van der Waals surface area (Å²) >= 11 is 1.42. The van der Waals surface area contributed by atoms with E-state index in [1.165, 1.54) is 11.8 Å². The van der Waals surface area contributed by atoms with E-state index in [0.717, 1.165) is 5.76 Å². The van der Waals surface area contributed by atoms with Gasteiger partial charge in [0.1, 0.15) is 5.76 Å². The van der Waals surface area contributed by atoms with E-state index in [1.54, 1.807) is 12.3 Å². The number of carbonyl (C=O) groups is 2. The average Bonchev–Trinajstić information content (AvgIpc) is 2.68. The Bertz CT molecular complexity index is 376. The molecule has 1 aromatic heterocycles. The molecular formula is C11H16N2O3S. The topological polar surface area (TPSA) is 85.3 Å². The Hall–Kier alpha value is -1.43. The molecule has 0 spiro atoms. The molecule has 3 N–H and O–H groups in total. The molecule has 0 aliphatic heterocycles. The molecule has 17 heavy (non-hydrogen) atoms. The number of hydrogen-bond donors (Lipinski definition) is 2. The van der Waals surface area contributed by atoms with Crippen LogP contribution in [-0.2, 0) is 10.5 Å². The summed E-state index contributed by atoms with van der Waals surface area (Å²) in [7, 11) is 0. The molecule has 1 unspecified atom stereocenters. The van der Waals surface area contributed by atoms with Gasteiger partial charge in [-0.1, -0.05) is 13.8 Å². The van der Waals surface area contributed by atoms with Crippen LogP contribution in [0, 0.1) is 5.92 Å². The molecule has 0 aromatic carbocycles. The molecule has 0 saturated carbocycles. The van der Waals surface area contributed by atoms with E-state index in [4.69, 9.17) is 10.2 Å². The quantitative estimate of drug-likeness (QED) is 0.840. The fourth-order valence-electron chi connectivity index (χ4n) is 1.33. The van der Waals surface area contributed by atoms with Crippen molar-refractivity contribution in [1.82, 2.24) is 5.32 Å². The van der Waals surface area contributed by atoms with Gasteiger partial charge in [-0.15, -0.1) is 11.8 Å². The Morgan fingerprint density at radius 2 is 2.24 bits per heavy atom. The van der Waals surface area contributed by atoms with Gasteiger partial charge in [0, 0.05) is 0 Å². The number of rotatable bonds is 5. The molecule has 94 valence electrons. The lowest BCUT2D eigenvalue weighted by molar-refractivity contribution is -0.120. The minimum atomic E-state index is -0.820. The van der Waals surface area contributed by atoms with Crippen LogP contribution < -0.4 is 11.1 Å². The Balaban J connectivity index is 2.54. The van der Waals surface area contributed by atoms with Crippen molar-refractivity contribution in [3.05, 3.63) is 24.2 Å². The summed E-state index contributed by atoms with van der Waals surface area (Å²) in [6.07, 6.45) is 1.59. The molecule has 1 aromatic rings. The van der Waals surface area contributed by atoms with Crippen LogP contribution in [0.4, 0.5) is 4.79 Å². The second-order valence-electron chi connectivity index (χ2n) is 3.91. The zero-order chi connectivity index (χ0) is 12.8. The highest BCUT2D eigenvalue weighted by Crippen LogP contribution is 2.24. The lowest BCUT2D eigenvalue weighted by atomic mass is 10.1. The van der Waals surface area contributed by atoms with Gasteiger partial charge >= 0.3 is 6.03 Å². The van der Waals surface area contributed by atoms with Gasteiger partial charge in [-0.05, 0) is 18.1 Å². The summed E-state index contributed by atoms with van der Waals surface area (Å²) in [6.45, 7) is 3.83. The van der Waals surface area contributed by atoms with E-state index in [2.05, 4.69) is 5.32 Å². The summed E-state index contributed by atoms with van der Waals surface area (Å²) in [4.78, 5) is 22.3. The van der Waals surface area contributed by atoms with Gasteiger partial charge in [0.05, 0.1) is 17.3 Å². The van der Waals surface area contributed by atoms with Gasteiger partial charge in [-0.25, -0.2) is 4.79 Å². The standard InChI is InChI=1S/C11H16N2O3S/c1-7(2)9(10(14)13-11(12)15)17-6-8-4-3-5-16-8/h3-5,7,9H,6H2,1-2H3,(H3,12,13,14,15). The van der Waals surface area contributed by atoms with Crippen molar-refractivity contribution in [1.29, 1.82) is 0 Å². The van der Waals surface area contributed by atoms with Crippen molar-refractivity contribution in [3.8, 4) is 0 Å². The third-order valence-corrected chi connectivity index (χ3v) is 3.66. The van der Waals surface area contributed by atoms with Crippen LogP contribution in [0.5, 0.6) is 0 Å². The zero-order valence-corrected chi connectivity index (χ0v) is 10.6. The number of urea groups is 1. The summed E-state index contributed by atoms with van der Waals surface area (Å²) in [5, 5.41) is 1.78. The van der Waals surface area contributed by atoms with Crippen LogP contribution in [-0.4, -0.2) is 17.2 Å². The fourth-order valence-corrected chi connectivity index (χ4v) is 2.43. The monoisotopic (exact) mass is 256 g/mol. The van der Waals surface area contributed by atoms with Gasteiger partial charge in [0.15, 0.2) is 0 Å². The first kappa shape index (κ1) is 13.6. The number of primary amides is 1. The van der Waals surface area contributed by atoms with Gasteiger partial charge in [0.2, 0.25) is 5.91 Å². The lowest BCUT2D eigenvalue weighted by Crippen LogP contribution is -2.42. The Kier molecular flexibility index (Phi) is 5.09. The number of nitrogens with two attached hydrogens (primary N) is 1. The second kappa shape index (κ2) is 6.34. The average molecular weight is 256 g/mol. The molecule has 1 heterocycles. The number of nitrogens with one attached hydrogen (secondary N) is 1. The van der Waals surface area contributed by atoms with Gasteiger partial charge in [0.25, 0.3) is 0 Å². The molecule has 0 bridgehead atoms.